The van der Waals surface area contributed by atoms with Crippen LogP contribution in [-0.4, -0.2) is 12.5 Å². The van der Waals surface area contributed by atoms with Crippen LogP contribution in [0, 0.1) is 5.92 Å². The Morgan fingerprint density at radius 2 is 2.06 bits per heavy atom. The van der Waals surface area contributed by atoms with Crippen LogP contribution >= 0.6 is 23.2 Å². The molecular formula is C13H17Cl2NO. The molecule has 0 aliphatic rings. The number of carbonyl (C=O) groups is 1. The second kappa shape index (κ2) is 6.87. The predicted octanol–water partition coefficient (Wildman–Crippen LogP) is 4.16. The molecular weight excluding hydrogens is 257 g/mol. The smallest absolute Gasteiger partial charge is 0.252 e. The maximum absolute atomic E-state index is 11.8. The van der Waals surface area contributed by atoms with Gasteiger partial charge in [0, 0.05) is 6.54 Å². The van der Waals surface area contributed by atoms with E-state index < -0.39 is 0 Å². The number of amides is 1. The number of benzene rings is 1. The SMILES string of the molecule is CC(C)CCCNC(=O)c1cccc(Cl)c1Cl. The first-order valence-corrected chi connectivity index (χ1v) is 6.50. The molecule has 1 rings (SSSR count). The molecule has 0 atom stereocenters. The molecule has 0 bridgehead atoms. The van der Waals surface area contributed by atoms with E-state index in [9.17, 15) is 4.79 Å². The first-order valence-electron chi connectivity index (χ1n) is 5.74. The molecule has 1 aromatic rings. The van der Waals surface area contributed by atoms with Gasteiger partial charge >= 0.3 is 0 Å². The molecule has 0 saturated heterocycles. The van der Waals surface area contributed by atoms with Crippen molar-refractivity contribution in [2.75, 3.05) is 6.54 Å². The maximum atomic E-state index is 11.8. The number of carbonyl (C=O) groups excluding carboxylic acids is 1. The highest BCUT2D eigenvalue weighted by Crippen LogP contribution is 2.25. The lowest BCUT2D eigenvalue weighted by molar-refractivity contribution is 0.0952. The molecule has 0 heterocycles. The third-order valence-electron chi connectivity index (χ3n) is 2.44. The van der Waals surface area contributed by atoms with Gasteiger partial charge in [0.15, 0.2) is 0 Å². The topological polar surface area (TPSA) is 29.1 Å². The first-order chi connectivity index (χ1) is 8.02. The van der Waals surface area contributed by atoms with Crippen LogP contribution in [0.3, 0.4) is 0 Å². The molecule has 0 radical (unpaired) electrons. The van der Waals surface area contributed by atoms with Crippen molar-refractivity contribution in [3.05, 3.63) is 33.8 Å². The molecule has 4 heteroatoms. The molecule has 0 aliphatic heterocycles. The Morgan fingerprint density at radius 3 is 2.71 bits per heavy atom. The van der Waals surface area contributed by atoms with Gasteiger partial charge in [0.2, 0.25) is 0 Å². The zero-order valence-electron chi connectivity index (χ0n) is 10.1. The summed E-state index contributed by atoms with van der Waals surface area (Å²) in [5.41, 5.74) is 0.434. The zero-order chi connectivity index (χ0) is 12.8. The number of rotatable bonds is 5. The Kier molecular flexibility index (Phi) is 5.79. The second-order valence-corrected chi connectivity index (χ2v) is 5.18. The van der Waals surface area contributed by atoms with E-state index in [0.717, 1.165) is 12.8 Å². The third kappa shape index (κ3) is 4.57. The summed E-state index contributed by atoms with van der Waals surface area (Å²) < 4.78 is 0. The van der Waals surface area contributed by atoms with Crippen LogP contribution in [0.4, 0.5) is 0 Å². The molecule has 0 aliphatic carbocycles. The summed E-state index contributed by atoms with van der Waals surface area (Å²) >= 11 is 11.8. The van der Waals surface area contributed by atoms with Gasteiger partial charge in [-0.2, -0.15) is 0 Å². The number of halogens is 2. The summed E-state index contributed by atoms with van der Waals surface area (Å²) in [6.07, 6.45) is 2.07. The van der Waals surface area contributed by atoms with E-state index >= 15 is 0 Å². The van der Waals surface area contributed by atoms with Gasteiger partial charge in [-0.25, -0.2) is 0 Å². The molecule has 2 nitrogen and oxygen atoms in total. The van der Waals surface area contributed by atoms with E-state index in [1.165, 1.54) is 0 Å². The predicted molar refractivity (Wildman–Crippen MR) is 72.9 cm³/mol. The van der Waals surface area contributed by atoms with E-state index in [0.29, 0.717) is 28.1 Å². The Hall–Kier alpha value is -0.730. The van der Waals surface area contributed by atoms with Crippen molar-refractivity contribution in [3.8, 4) is 0 Å². The van der Waals surface area contributed by atoms with Crippen molar-refractivity contribution in [1.29, 1.82) is 0 Å². The van der Waals surface area contributed by atoms with Crippen LogP contribution in [0.25, 0.3) is 0 Å². The van der Waals surface area contributed by atoms with E-state index in [1.54, 1.807) is 18.2 Å². The standard InChI is InChI=1S/C13H17Cl2NO/c1-9(2)5-4-8-16-13(17)10-6-3-7-11(14)12(10)15/h3,6-7,9H,4-5,8H2,1-2H3,(H,16,17). The lowest BCUT2D eigenvalue weighted by Crippen LogP contribution is -2.25. The molecule has 0 aromatic heterocycles. The molecule has 1 amide bonds. The highest BCUT2D eigenvalue weighted by molar-refractivity contribution is 6.43. The minimum absolute atomic E-state index is 0.166. The lowest BCUT2D eigenvalue weighted by Gasteiger charge is -2.08. The minimum atomic E-state index is -0.166. The van der Waals surface area contributed by atoms with Gasteiger partial charge in [-0.3, -0.25) is 4.79 Å². The highest BCUT2D eigenvalue weighted by Gasteiger charge is 2.11. The fraction of sp³-hybridized carbons (Fsp3) is 0.462. The molecule has 94 valence electrons. The van der Waals surface area contributed by atoms with Crippen LogP contribution in [0.15, 0.2) is 18.2 Å². The van der Waals surface area contributed by atoms with Gasteiger partial charge in [-0.1, -0.05) is 43.1 Å². The van der Waals surface area contributed by atoms with Crippen LogP contribution in [0.5, 0.6) is 0 Å². The zero-order valence-corrected chi connectivity index (χ0v) is 11.6. The Morgan fingerprint density at radius 1 is 1.35 bits per heavy atom. The van der Waals surface area contributed by atoms with E-state index in [-0.39, 0.29) is 5.91 Å². The molecule has 0 fully saturated rings. The van der Waals surface area contributed by atoms with Crippen LogP contribution in [0.1, 0.15) is 37.0 Å². The van der Waals surface area contributed by atoms with Crippen molar-refractivity contribution in [2.45, 2.75) is 26.7 Å². The Bertz CT molecular complexity index is 391. The Balaban J connectivity index is 2.50. The van der Waals surface area contributed by atoms with Crippen molar-refractivity contribution >= 4 is 29.1 Å². The third-order valence-corrected chi connectivity index (χ3v) is 3.26. The maximum Gasteiger partial charge on any atom is 0.252 e. The average molecular weight is 274 g/mol. The molecule has 1 N–H and O–H groups in total. The average Bonchev–Trinajstić information content (AvgIpc) is 2.27. The van der Waals surface area contributed by atoms with Crippen molar-refractivity contribution in [1.82, 2.24) is 5.32 Å². The van der Waals surface area contributed by atoms with Crippen LogP contribution < -0.4 is 5.32 Å². The van der Waals surface area contributed by atoms with E-state index in [4.69, 9.17) is 23.2 Å². The van der Waals surface area contributed by atoms with Gasteiger partial charge in [-0.05, 0) is 30.9 Å². The fourth-order valence-corrected chi connectivity index (χ4v) is 1.87. The largest absolute Gasteiger partial charge is 0.352 e. The van der Waals surface area contributed by atoms with Gasteiger partial charge < -0.3 is 5.32 Å². The van der Waals surface area contributed by atoms with Crippen LogP contribution in [0.2, 0.25) is 10.0 Å². The minimum Gasteiger partial charge on any atom is -0.352 e. The summed E-state index contributed by atoms with van der Waals surface area (Å²) in [5, 5.41) is 3.56. The van der Waals surface area contributed by atoms with Gasteiger partial charge in [0.05, 0.1) is 15.6 Å². The molecule has 0 unspecified atom stereocenters. The molecule has 0 saturated carbocycles. The molecule has 17 heavy (non-hydrogen) atoms. The summed E-state index contributed by atoms with van der Waals surface area (Å²) in [6, 6.07) is 5.06. The fourth-order valence-electron chi connectivity index (χ4n) is 1.49. The monoisotopic (exact) mass is 273 g/mol. The molecule has 0 spiro atoms. The number of hydrogen-bond acceptors (Lipinski definition) is 1. The summed E-state index contributed by atoms with van der Waals surface area (Å²) in [7, 11) is 0. The number of nitrogens with one attached hydrogen (secondary N) is 1. The second-order valence-electron chi connectivity index (χ2n) is 4.39. The summed E-state index contributed by atoms with van der Waals surface area (Å²) in [6.45, 7) is 4.99. The number of hydrogen-bond donors (Lipinski definition) is 1. The van der Waals surface area contributed by atoms with Crippen molar-refractivity contribution in [3.63, 3.8) is 0 Å². The summed E-state index contributed by atoms with van der Waals surface area (Å²) in [5.74, 6) is 0.489. The Labute approximate surface area is 112 Å². The van der Waals surface area contributed by atoms with Crippen LogP contribution in [-0.2, 0) is 0 Å². The van der Waals surface area contributed by atoms with Crippen molar-refractivity contribution < 1.29 is 4.79 Å². The van der Waals surface area contributed by atoms with Gasteiger partial charge in [0.1, 0.15) is 0 Å². The lowest BCUT2D eigenvalue weighted by atomic mass is 10.1. The van der Waals surface area contributed by atoms with Crippen molar-refractivity contribution in [2.24, 2.45) is 5.92 Å². The normalized spacial score (nSPS) is 10.6. The highest BCUT2D eigenvalue weighted by atomic mass is 35.5. The van der Waals surface area contributed by atoms with Gasteiger partial charge in [-0.15, -0.1) is 0 Å². The molecule has 1 aromatic carbocycles. The first kappa shape index (κ1) is 14.3. The quantitative estimate of drug-likeness (QED) is 0.802. The summed E-state index contributed by atoms with van der Waals surface area (Å²) in [4.78, 5) is 11.8. The van der Waals surface area contributed by atoms with Gasteiger partial charge in [0.25, 0.3) is 5.91 Å². The van der Waals surface area contributed by atoms with E-state index in [2.05, 4.69) is 19.2 Å². The van der Waals surface area contributed by atoms with E-state index in [1.807, 2.05) is 0 Å².